The standard InChI is InChI=1S/C23H19N5O4/c1-30-18-6-2-5-17(11-18)28-22(16-4-3-9-24-13-16)21(26-27-28)23(29)25-12-15-7-8-19-20(10-15)32-14-31-19/h2-11,13H,12,14H2,1H3,(H,25,29). The fourth-order valence-electron chi connectivity index (χ4n) is 3.44. The average Bonchev–Trinajstić information content (AvgIpc) is 3.50. The molecular weight excluding hydrogens is 410 g/mol. The number of ether oxygens (including phenoxy) is 3. The summed E-state index contributed by atoms with van der Waals surface area (Å²) in [7, 11) is 1.59. The number of methoxy groups -OCH3 is 1. The molecule has 0 radical (unpaired) electrons. The lowest BCUT2D eigenvalue weighted by atomic mass is 10.1. The van der Waals surface area contributed by atoms with Crippen LogP contribution in [0.4, 0.5) is 0 Å². The molecule has 1 aliphatic heterocycles. The Morgan fingerprint density at radius 1 is 1.12 bits per heavy atom. The average molecular weight is 429 g/mol. The summed E-state index contributed by atoms with van der Waals surface area (Å²) >= 11 is 0. The van der Waals surface area contributed by atoms with E-state index in [1.165, 1.54) is 0 Å². The van der Waals surface area contributed by atoms with Crippen molar-refractivity contribution in [1.29, 1.82) is 0 Å². The molecule has 0 aliphatic carbocycles. The summed E-state index contributed by atoms with van der Waals surface area (Å²) < 4.78 is 17.7. The molecule has 0 atom stereocenters. The zero-order valence-electron chi connectivity index (χ0n) is 17.2. The van der Waals surface area contributed by atoms with E-state index >= 15 is 0 Å². The Balaban J connectivity index is 1.46. The molecule has 9 heteroatoms. The number of hydrogen-bond donors (Lipinski definition) is 1. The van der Waals surface area contributed by atoms with Crippen molar-refractivity contribution >= 4 is 5.91 Å². The fourth-order valence-corrected chi connectivity index (χ4v) is 3.44. The van der Waals surface area contributed by atoms with Crippen LogP contribution >= 0.6 is 0 Å². The van der Waals surface area contributed by atoms with Crippen molar-refractivity contribution in [3.05, 3.63) is 78.2 Å². The Bertz CT molecular complexity index is 1270. The predicted octanol–water partition coefficient (Wildman–Crippen LogP) is 3.00. The lowest BCUT2D eigenvalue weighted by Crippen LogP contribution is -2.24. The zero-order chi connectivity index (χ0) is 21.9. The van der Waals surface area contributed by atoms with Gasteiger partial charge in [-0.25, -0.2) is 4.68 Å². The van der Waals surface area contributed by atoms with Gasteiger partial charge in [0, 0.05) is 30.6 Å². The van der Waals surface area contributed by atoms with Crippen molar-refractivity contribution < 1.29 is 19.0 Å². The molecule has 0 bridgehead atoms. The molecular formula is C23H19N5O4. The monoisotopic (exact) mass is 429 g/mol. The van der Waals surface area contributed by atoms with Crippen molar-refractivity contribution in [3.8, 4) is 34.2 Å². The second-order valence-corrected chi connectivity index (χ2v) is 7.01. The highest BCUT2D eigenvalue weighted by molar-refractivity contribution is 5.98. The molecule has 9 nitrogen and oxygen atoms in total. The van der Waals surface area contributed by atoms with E-state index in [1.807, 2.05) is 48.5 Å². The minimum Gasteiger partial charge on any atom is -0.497 e. The topological polar surface area (TPSA) is 100 Å². The van der Waals surface area contributed by atoms with Crippen molar-refractivity contribution in [1.82, 2.24) is 25.3 Å². The van der Waals surface area contributed by atoms with E-state index in [0.717, 1.165) is 5.56 Å². The van der Waals surface area contributed by atoms with Gasteiger partial charge < -0.3 is 19.5 Å². The van der Waals surface area contributed by atoms with Gasteiger partial charge in [-0.05, 0) is 42.0 Å². The summed E-state index contributed by atoms with van der Waals surface area (Å²) in [5, 5.41) is 11.3. The van der Waals surface area contributed by atoms with Crippen LogP contribution in [0.1, 0.15) is 16.1 Å². The number of hydrogen-bond acceptors (Lipinski definition) is 7. The van der Waals surface area contributed by atoms with Gasteiger partial charge in [0.15, 0.2) is 17.2 Å². The number of carbonyl (C=O) groups is 1. The van der Waals surface area contributed by atoms with Gasteiger partial charge in [0.25, 0.3) is 5.91 Å². The van der Waals surface area contributed by atoms with E-state index in [9.17, 15) is 4.79 Å². The minimum atomic E-state index is -0.351. The molecule has 4 aromatic rings. The summed E-state index contributed by atoms with van der Waals surface area (Å²) in [5.74, 6) is 1.68. The summed E-state index contributed by atoms with van der Waals surface area (Å²) in [6, 6.07) is 16.6. The van der Waals surface area contributed by atoms with Crippen molar-refractivity contribution in [2.45, 2.75) is 6.54 Å². The maximum absolute atomic E-state index is 13.1. The number of carbonyl (C=O) groups excluding carboxylic acids is 1. The number of nitrogens with zero attached hydrogens (tertiary/aromatic N) is 4. The summed E-state index contributed by atoms with van der Waals surface area (Å²) in [6.07, 6.45) is 3.34. The summed E-state index contributed by atoms with van der Waals surface area (Å²) in [4.78, 5) is 17.3. The van der Waals surface area contributed by atoms with Gasteiger partial charge >= 0.3 is 0 Å². The molecule has 3 heterocycles. The number of benzene rings is 2. The molecule has 0 saturated carbocycles. The number of aromatic nitrogens is 4. The summed E-state index contributed by atoms with van der Waals surface area (Å²) in [5.41, 5.74) is 3.04. The first kappa shape index (κ1) is 19.6. The van der Waals surface area contributed by atoms with E-state index in [1.54, 1.807) is 30.3 Å². The molecule has 0 spiro atoms. The lowest BCUT2D eigenvalue weighted by molar-refractivity contribution is 0.0946. The van der Waals surface area contributed by atoms with E-state index in [4.69, 9.17) is 14.2 Å². The number of pyridine rings is 1. The largest absolute Gasteiger partial charge is 0.497 e. The highest BCUT2D eigenvalue weighted by Gasteiger charge is 2.23. The molecule has 1 N–H and O–H groups in total. The fraction of sp³-hybridized carbons (Fsp3) is 0.130. The third-order valence-corrected chi connectivity index (χ3v) is 5.01. The second-order valence-electron chi connectivity index (χ2n) is 7.01. The molecule has 1 amide bonds. The first-order valence-corrected chi connectivity index (χ1v) is 9.90. The molecule has 0 saturated heterocycles. The SMILES string of the molecule is COc1cccc(-n2nnc(C(=O)NCc3ccc4c(c3)OCO4)c2-c2cccnc2)c1. The van der Waals surface area contributed by atoms with Crippen LogP contribution < -0.4 is 19.5 Å². The number of nitrogens with one attached hydrogen (secondary N) is 1. The van der Waals surface area contributed by atoms with Crippen LogP contribution in [0.3, 0.4) is 0 Å². The Morgan fingerprint density at radius 2 is 2.03 bits per heavy atom. The van der Waals surface area contributed by atoms with Crippen molar-refractivity contribution in [2.24, 2.45) is 0 Å². The van der Waals surface area contributed by atoms with Gasteiger partial charge in [-0.2, -0.15) is 0 Å². The van der Waals surface area contributed by atoms with E-state index in [2.05, 4.69) is 20.6 Å². The van der Waals surface area contributed by atoms with Gasteiger partial charge in [0.1, 0.15) is 11.4 Å². The maximum atomic E-state index is 13.1. The van der Waals surface area contributed by atoms with Crippen LogP contribution in [-0.4, -0.2) is 39.8 Å². The molecule has 0 fully saturated rings. The van der Waals surface area contributed by atoms with Crippen molar-refractivity contribution in [3.63, 3.8) is 0 Å². The molecule has 2 aromatic heterocycles. The normalized spacial score (nSPS) is 11.9. The van der Waals surface area contributed by atoms with Crippen LogP contribution in [0.2, 0.25) is 0 Å². The van der Waals surface area contributed by atoms with Crippen LogP contribution in [-0.2, 0) is 6.54 Å². The third kappa shape index (κ3) is 3.71. The Labute approximate surface area is 183 Å². The van der Waals surface area contributed by atoms with Crippen LogP contribution in [0.15, 0.2) is 67.0 Å². The number of amides is 1. The molecule has 2 aromatic carbocycles. The van der Waals surface area contributed by atoms with Crippen LogP contribution in [0, 0.1) is 0 Å². The number of fused-ring (bicyclic) bond motifs is 1. The Hall–Kier alpha value is -4.40. The molecule has 0 unspecified atom stereocenters. The highest BCUT2D eigenvalue weighted by Crippen LogP contribution is 2.32. The van der Waals surface area contributed by atoms with Crippen LogP contribution in [0.5, 0.6) is 17.2 Å². The van der Waals surface area contributed by atoms with Gasteiger partial charge in [-0.1, -0.05) is 17.3 Å². The quantitative estimate of drug-likeness (QED) is 0.503. The van der Waals surface area contributed by atoms with Crippen molar-refractivity contribution in [2.75, 3.05) is 13.9 Å². The minimum absolute atomic E-state index is 0.196. The third-order valence-electron chi connectivity index (χ3n) is 5.01. The molecule has 1 aliphatic rings. The van der Waals surface area contributed by atoms with E-state index in [0.29, 0.717) is 40.7 Å². The zero-order valence-corrected chi connectivity index (χ0v) is 17.2. The second kappa shape index (κ2) is 8.38. The molecule has 5 rings (SSSR count). The van der Waals surface area contributed by atoms with Gasteiger partial charge in [0.2, 0.25) is 6.79 Å². The number of rotatable bonds is 6. The van der Waals surface area contributed by atoms with E-state index in [-0.39, 0.29) is 18.4 Å². The molecule has 160 valence electrons. The first-order valence-electron chi connectivity index (χ1n) is 9.90. The smallest absolute Gasteiger partial charge is 0.274 e. The van der Waals surface area contributed by atoms with E-state index < -0.39 is 0 Å². The van der Waals surface area contributed by atoms with Gasteiger partial charge in [-0.3, -0.25) is 9.78 Å². The maximum Gasteiger partial charge on any atom is 0.274 e. The van der Waals surface area contributed by atoms with Crippen LogP contribution in [0.25, 0.3) is 16.9 Å². The molecule has 32 heavy (non-hydrogen) atoms. The first-order chi connectivity index (χ1) is 15.7. The lowest BCUT2D eigenvalue weighted by Gasteiger charge is -2.10. The Kier molecular flexibility index (Phi) is 5.12. The summed E-state index contributed by atoms with van der Waals surface area (Å²) in [6.45, 7) is 0.501. The van der Waals surface area contributed by atoms with Gasteiger partial charge in [-0.15, -0.1) is 5.10 Å². The predicted molar refractivity (Wildman–Crippen MR) is 115 cm³/mol. The Morgan fingerprint density at radius 3 is 2.88 bits per heavy atom. The van der Waals surface area contributed by atoms with Gasteiger partial charge in [0.05, 0.1) is 12.8 Å². The highest BCUT2D eigenvalue weighted by atomic mass is 16.7.